The summed E-state index contributed by atoms with van der Waals surface area (Å²) in [5.74, 6) is -0.000506. The fourth-order valence-electron chi connectivity index (χ4n) is 4.08. The number of amidine groups is 1. The van der Waals surface area contributed by atoms with Crippen LogP contribution in [-0.2, 0) is 11.3 Å². The number of fused-ring (bicyclic) bond motifs is 1. The topological polar surface area (TPSA) is 37.6 Å². The molecule has 0 saturated carbocycles. The predicted octanol–water partition coefficient (Wildman–Crippen LogP) is 7.36. The highest BCUT2D eigenvalue weighted by Gasteiger charge is 2.33. The van der Waals surface area contributed by atoms with Gasteiger partial charge < -0.3 is 4.57 Å². The average molecular weight is 486 g/mol. The van der Waals surface area contributed by atoms with Gasteiger partial charge in [-0.3, -0.25) is 9.69 Å². The third-order valence-corrected chi connectivity index (χ3v) is 6.95. The van der Waals surface area contributed by atoms with Crippen molar-refractivity contribution in [1.82, 2.24) is 9.47 Å². The second kappa shape index (κ2) is 9.92. The molecule has 34 heavy (non-hydrogen) atoms. The van der Waals surface area contributed by atoms with E-state index in [2.05, 4.69) is 60.2 Å². The first-order valence-corrected chi connectivity index (χ1v) is 12.5. The van der Waals surface area contributed by atoms with Crippen molar-refractivity contribution in [2.75, 3.05) is 6.54 Å². The molecule has 2 heterocycles. The molecule has 6 heteroatoms. The van der Waals surface area contributed by atoms with Crippen LogP contribution in [0.2, 0.25) is 5.02 Å². The van der Waals surface area contributed by atoms with Gasteiger partial charge in [0.25, 0.3) is 5.91 Å². The van der Waals surface area contributed by atoms with E-state index in [9.17, 15) is 4.79 Å². The number of aromatic nitrogens is 1. The van der Waals surface area contributed by atoms with E-state index in [0.29, 0.717) is 21.6 Å². The van der Waals surface area contributed by atoms with Crippen molar-refractivity contribution >= 4 is 57.1 Å². The van der Waals surface area contributed by atoms with Gasteiger partial charge in [0.2, 0.25) is 0 Å². The molecule has 1 aliphatic heterocycles. The van der Waals surface area contributed by atoms with E-state index in [0.717, 1.165) is 35.1 Å². The Labute approximate surface area is 208 Å². The zero-order valence-corrected chi connectivity index (χ0v) is 20.4. The molecule has 1 saturated heterocycles. The molecule has 0 atom stereocenters. The Bertz CT molecular complexity index is 1390. The molecule has 0 radical (unpaired) electrons. The number of carbonyl (C=O) groups is 1. The fraction of sp³-hybridized carbons (Fsp3) is 0.143. The number of hydrogen-bond donors (Lipinski definition) is 0. The standard InChI is InChI=1S/C28H24ClN3OS/c1-2-16-32-27(33)26(34-28(32)30-23-14-12-22(29)13-15-23)17-21-19-31(18-20-8-4-3-5-9-20)25-11-7-6-10-24(21)25/h3-15,17,19H,2,16,18H2,1H3/b26-17-,30-28?. The first kappa shape index (κ1) is 22.5. The number of benzene rings is 3. The first-order valence-electron chi connectivity index (χ1n) is 11.3. The number of nitrogens with zero attached hydrogens (tertiary/aromatic N) is 3. The number of amides is 1. The Morgan fingerprint density at radius 1 is 0.971 bits per heavy atom. The van der Waals surface area contributed by atoms with E-state index in [-0.39, 0.29) is 5.91 Å². The van der Waals surface area contributed by atoms with Crippen LogP contribution in [0.3, 0.4) is 0 Å². The van der Waals surface area contributed by atoms with Gasteiger partial charge >= 0.3 is 0 Å². The lowest BCUT2D eigenvalue weighted by molar-refractivity contribution is -0.122. The van der Waals surface area contributed by atoms with Crippen LogP contribution >= 0.6 is 23.4 Å². The lowest BCUT2D eigenvalue weighted by atomic mass is 10.1. The molecule has 1 amide bonds. The molecular formula is C28H24ClN3OS. The molecule has 4 nitrogen and oxygen atoms in total. The molecule has 3 aromatic carbocycles. The van der Waals surface area contributed by atoms with Crippen LogP contribution in [0.5, 0.6) is 0 Å². The van der Waals surface area contributed by atoms with Gasteiger partial charge in [0.15, 0.2) is 5.17 Å². The van der Waals surface area contributed by atoms with Gasteiger partial charge in [0, 0.05) is 40.8 Å². The van der Waals surface area contributed by atoms with E-state index in [1.54, 1.807) is 4.90 Å². The Kier molecular flexibility index (Phi) is 6.57. The normalized spacial score (nSPS) is 16.3. The summed E-state index contributed by atoms with van der Waals surface area (Å²) in [6.45, 7) is 3.47. The SMILES string of the molecule is CCCN1C(=O)/C(=C/c2cn(Cc3ccccc3)c3ccccc23)SC1=Nc1ccc(Cl)cc1. The van der Waals surface area contributed by atoms with Crippen LogP contribution in [0.15, 0.2) is 95.0 Å². The minimum absolute atomic E-state index is 0.000506. The van der Waals surface area contributed by atoms with Gasteiger partial charge in [-0.15, -0.1) is 0 Å². The molecule has 0 aliphatic carbocycles. The molecule has 4 aromatic rings. The Morgan fingerprint density at radius 3 is 2.47 bits per heavy atom. The van der Waals surface area contributed by atoms with Crippen LogP contribution in [-0.4, -0.2) is 27.1 Å². The van der Waals surface area contributed by atoms with Crippen molar-refractivity contribution in [3.63, 3.8) is 0 Å². The van der Waals surface area contributed by atoms with Crippen molar-refractivity contribution in [2.45, 2.75) is 19.9 Å². The smallest absolute Gasteiger partial charge is 0.266 e. The number of thioether (sulfide) groups is 1. The van der Waals surface area contributed by atoms with E-state index in [1.165, 1.54) is 17.3 Å². The third kappa shape index (κ3) is 4.67. The Morgan fingerprint density at radius 2 is 1.71 bits per heavy atom. The number of halogens is 1. The summed E-state index contributed by atoms with van der Waals surface area (Å²) in [4.78, 5) is 20.5. The zero-order chi connectivity index (χ0) is 23.5. The summed E-state index contributed by atoms with van der Waals surface area (Å²) in [5, 5.41) is 2.50. The number of aliphatic imine (C=N–C) groups is 1. The number of para-hydroxylation sites is 1. The van der Waals surface area contributed by atoms with Crippen molar-refractivity contribution in [3.8, 4) is 0 Å². The molecule has 0 N–H and O–H groups in total. The first-order chi connectivity index (χ1) is 16.6. The summed E-state index contributed by atoms with van der Waals surface area (Å²) < 4.78 is 2.24. The van der Waals surface area contributed by atoms with Crippen molar-refractivity contribution < 1.29 is 4.79 Å². The largest absolute Gasteiger partial charge is 0.342 e. The fourth-order valence-corrected chi connectivity index (χ4v) is 5.22. The van der Waals surface area contributed by atoms with E-state index in [4.69, 9.17) is 16.6 Å². The highest BCUT2D eigenvalue weighted by atomic mass is 35.5. The van der Waals surface area contributed by atoms with Gasteiger partial charge in [0.05, 0.1) is 10.6 Å². The molecule has 0 unspecified atom stereocenters. The van der Waals surface area contributed by atoms with Crippen LogP contribution in [0.25, 0.3) is 17.0 Å². The lowest BCUT2D eigenvalue weighted by Gasteiger charge is -2.13. The van der Waals surface area contributed by atoms with Crippen molar-refractivity contribution in [2.24, 2.45) is 4.99 Å². The predicted molar refractivity (Wildman–Crippen MR) is 144 cm³/mol. The average Bonchev–Trinajstić information content (AvgIpc) is 3.34. The van der Waals surface area contributed by atoms with Crippen LogP contribution in [0.4, 0.5) is 5.69 Å². The lowest BCUT2D eigenvalue weighted by Crippen LogP contribution is -2.29. The van der Waals surface area contributed by atoms with E-state index >= 15 is 0 Å². The second-order valence-electron chi connectivity index (χ2n) is 8.15. The van der Waals surface area contributed by atoms with Crippen LogP contribution in [0.1, 0.15) is 24.5 Å². The van der Waals surface area contributed by atoms with Crippen molar-refractivity contribution in [3.05, 3.63) is 106 Å². The summed E-state index contributed by atoms with van der Waals surface area (Å²) in [7, 11) is 0. The summed E-state index contributed by atoms with van der Waals surface area (Å²) in [6.07, 6.45) is 5.00. The molecule has 1 fully saturated rings. The third-order valence-electron chi connectivity index (χ3n) is 5.69. The van der Waals surface area contributed by atoms with Crippen molar-refractivity contribution in [1.29, 1.82) is 0 Å². The zero-order valence-electron chi connectivity index (χ0n) is 18.8. The second-order valence-corrected chi connectivity index (χ2v) is 9.60. The van der Waals surface area contributed by atoms with Crippen LogP contribution < -0.4 is 0 Å². The molecular weight excluding hydrogens is 462 g/mol. The highest BCUT2D eigenvalue weighted by molar-refractivity contribution is 8.18. The maximum atomic E-state index is 13.3. The van der Waals surface area contributed by atoms with Gasteiger partial charge in [0.1, 0.15) is 0 Å². The van der Waals surface area contributed by atoms with Gasteiger partial charge in [-0.05, 0) is 60.2 Å². The highest BCUT2D eigenvalue weighted by Crippen LogP contribution is 2.36. The summed E-state index contributed by atoms with van der Waals surface area (Å²) in [6, 6.07) is 26.1. The maximum Gasteiger partial charge on any atom is 0.266 e. The molecule has 0 bridgehead atoms. The minimum Gasteiger partial charge on any atom is -0.342 e. The van der Waals surface area contributed by atoms with Crippen LogP contribution in [0, 0.1) is 0 Å². The Balaban J connectivity index is 1.52. The summed E-state index contributed by atoms with van der Waals surface area (Å²) in [5.41, 5.74) is 4.20. The van der Waals surface area contributed by atoms with E-state index < -0.39 is 0 Å². The number of carbonyl (C=O) groups excluding carboxylic acids is 1. The summed E-state index contributed by atoms with van der Waals surface area (Å²) >= 11 is 7.44. The van der Waals surface area contributed by atoms with Gasteiger partial charge in [-0.25, -0.2) is 4.99 Å². The Hall–Kier alpha value is -3.28. The molecule has 170 valence electrons. The quantitative estimate of drug-likeness (QED) is 0.267. The molecule has 1 aliphatic rings. The number of hydrogen-bond acceptors (Lipinski definition) is 3. The maximum absolute atomic E-state index is 13.3. The molecule has 1 aromatic heterocycles. The molecule has 5 rings (SSSR count). The molecule has 0 spiro atoms. The monoisotopic (exact) mass is 485 g/mol. The number of rotatable bonds is 6. The van der Waals surface area contributed by atoms with E-state index in [1.807, 2.05) is 42.5 Å². The van der Waals surface area contributed by atoms with Gasteiger partial charge in [-0.1, -0.05) is 67.1 Å². The van der Waals surface area contributed by atoms with Gasteiger partial charge in [-0.2, -0.15) is 0 Å². The minimum atomic E-state index is -0.000506.